The molecule has 0 aliphatic carbocycles. The number of nitrogens with one attached hydrogen (secondary N) is 2. The van der Waals surface area contributed by atoms with E-state index in [0.717, 1.165) is 24.5 Å². The Bertz CT molecular complexity index is 571. The molecule has 6 nitrogen and oxygen atoms in total. The third kappa shape index (κ3) is 2.01. The lowest BCUT2D eigenvalue weighted by Gasteiger charge is -2.22. The second-order valence-electron chi connectivity index (χ2n) is 4.65. The first-order valence-electron chi connectivity index (χ1n) is 6.05. The number of carbonyl (C=O) groups is 1. The molecule has 94 valence electrons. The summed E-state index contributed by atoms with van der Waals surface area (Å²) in [5.74, 6) is 1.58. The number of aromatic nitrogens is 4. The number of H-pyrrole nitrogens is 1. The fourth-order valence-corrected chi connectivity index (χ4v) is 2.29. The summed E-state index contributed by atoms with van der Waals surface area (Å²) in [6, 6.07) is 1.82. The van der Waals surface area contributed by atoms with Crippen LogP contribution in [0.15, 0.2) is 18.5 Å². The minimum atomic E-state index is -0.0168. The van der Waals surface area contributed by atoms with E-state index in [2.05, 4.69) is 25.1 Å². The highest BCUT2D eigenvalue weighted by Gasteiger charge is 2.25. The average Bonchev–Trinajstić information content (AvgIpc) is 2.96. The Morgan fingerprint density at radius 2 is 2.50 bits per heavy atom. The predicted octanol–water partition coefficient (Wildman–Crippen LogP) is 1.12. The lowest BCUT2D eigenvalue weighted by Crippen LogP contribution is -2.30. The minimum absolute atomic E-state index is 0.0168. The quantitative estimate of drug-likeness (QED) is 0.832. The van der Waals surface area contributed by atoms with E-state index in [-0.39, 0.29) is 11.8 Å². The van der Waals surface area contributed by atoms with Crippen LogP contribution in [0, 0.1) is 12.8 Å². The lowest BCUT2D eigenvalue weighted by molar-refractivity contribution is -0.120. The highest BCUT2D eigenvalue weighted by Crippen LogP contribution is 2.20. The predicted molar refractivity (Wildman–Crippen MR) is 66.0 cm³/mol. The Kier molecular flexibility index (Phi) is 2.62. The van der Waals surface area contributed by atoms with Crippen LogP contribution in [-0.2, 0) is 17.8 Å². The second-order valence-corrected chi connectivity index (χ2v) is 4.65. The smallest absolute Gasteiger partial charge is 0.229 e. The highest BCUT2D eigenvalue weighted by atomic mass is 16.2. The molecule has 18 heavy (non-hydrogen) atoms. The van der Waals surface area contributed by atoms with Gasteiger partial charge in [-0.05, 0) is 13.3 Å². The molecule has 0 aromatic carbocycles. The van der Waals surface area contributed by atoms with E-state index < -0.39 is 0 Å². The van der Waals surface area contributed by atoms with Crippen LogP contribution in [0.3, 0.4) is 0 Å². The van der Waals surface area contributed by atoms with Crippen molar-refractivity contribution in [2.24, 2.45) is 5.92 Å². The summed E-state index contributed by atoms with van der Waals surface area (Å²) in [6.07, 6.45) is 5.29. The van der Waals surface area contributed by atoms with Gasteiger partial charge in [-0.2, -0.15) is 5.10 Å². The van der Waals surface area contributed by atoms with Crippen molar-refractivity contribution in [1.82, 2.24) is 19.7 Å². The standard InChI is InChI=1S/C12H15N5O/c1-8-6-10(16-15-8)14-12(18)9-2-4-17-5-3-13-11(17)7-9/h3,5-6,9H,2,4,7H2,1H3,(H2,14,15,16,18). The van der Waals surface area contributed by atoms with Crippen LogP contribution in [-0.4, -0.2) is 25.7 Å². The fourth-order valence-electron chi connectivity index (χ4n) is 2.29. The first kappa shape index (κ1) is 11.0. The molecule has 1 aliphatic rings. The number of nitrogens with zero attached hydrogens (tertiary/aromatic N) is 3. The van der Waals surface area contributed by atoms with Crippen LogP contribution in [0.25, 0.3) is 0 Å². The number of carbonyl (C=O) groups excluding carboxylic acids is 1. The first-order chi connectivity index (χ1) is 8.72. The van der Waals surface area contributed by atoms with E-state index in [0.29, 0.717) is 12.2 Å². The molecule has 2 aromatic heterocycles. The number of aryl methyl sites for hydroxylation is 2. The van der Waals surface area contributed by atoms with Gasteiger partial charge in [-0.15, -0.1) is 0 Å². The number of fused-ring (bicyclic) bond motifs is 1. The van der Waals surface area contributed by atoms with E-state index in [1.807, 2.05) is 19.2 Å². The van der Waals surface area contributed by atoms with Crippen molar-refractivity contribution in [2.45, 2.75) is 26.3 Å². The largest absolute Gasteiger partial charge is 0.335 e. The van der Waals surface area contributed by atoms with Crippen molar-refractivity contribution in [3.63, 3.8) is 0 Å². The van der Waals surface area contributed by atoms with Gasteiger partial charge in [-0.1, -0.05) is 0 Å². The maximum atomic E-state index is 12.1. The fraction of sp³-hybridized carbons (Fsp3) is 0.417. The average molecular weight is 245 g/mol. The van der Waals surface area contributed by atoms with E-state index >= 15 is 0 Å². The molecule has 1 unspecified atom stereocenters. The van der Waals surface area contributed by atoms with E-state index in [1.165, 1.54) is 0 Å². The molecule has 0 saturated carbocycles. The third-order valence-corrected chi connectivity index (χ3v) is 3.28. The maximum absolute atomic E-state index is 12.1. The molecule has 0 spiro atoms. The van der Waals surface area contributed by atoms with E-state index in [4.69, 9.17) is 0 Å². The van der Waals surface area contributed by atoms with Crippen molar-refractivity contribution in [2.75, 3.05) is 5.32 Å². The monoisotopic (exact) mass is 245 g/mol. The number of aromatic amines is 1. The molecule has 0 saturated heterocycles. The summed E-state index contributed by atoms with van der Waals surface area (Å²) in [5, 5.41) is 9.65. The molecule has 3 rings (SSSR count). The number of anilines is 1. The van der Waals surface area contributed by atoms with Crippen LogP contribution in [0.1, 0.15) is 17.9 Å². The minimum Gasteiger partial charge on any atom is -0.335 e. The molecule has 1 amide bonds. The zero-order chi connectivity index (χ0) is 12.5. The molecule has 1 atom stereocenters. The Morgan fingerprint density at radius 3 is 3.28 bits per heavy atom. The number of amides is 1. The van der Waals surface area contributed by atoms with Gasteiger partial charge in [0.1, 0.15) is 5.82 Å². The van der Waals surface area contributed by atoms with Gasteiger partial charge in [0.05, 0.1) is 0 Å². The summed E-state index contributed by atoms with van der Waals surface area (Å²) in [7, 11) is 0. The summed E-state index contributed by atoms with van der Waals surface area (Å²) in [4.78, 5) is 16.4. The van der Waals surface area contributed by atoms with Crippen LogP contribution >= 0.6 is 0 Å². The first-order valence-corrected chi connectivity index (χ1v) is 6.05. The molecule has 2 aromatic rings. The van der Waals surface area contributed by atoms with Gasteiger partial charge in [0.25, 0.3) is 0 Å². The zero-order valence-corrected chi connectivity index (χ0v) is 10.2. The number of hydrogen-bond acceptors (Lipinski definition) is 3. The summed E-state index contributed by atoms with van der Waals surface area (Å²) in [6.45, 7) is 2.76. The Hall–Kier alpha value is -2.11. The molecule has 0 radical (unpaired) electrons. The molecular formula is C12H15N5O. The molecule has 0 fully saturated rings. The normalized spacial score (nSPS) is 18.4. The van der Waals surface area contributed by atoms with Gasteiger partial charge in [-0.25, -0.2) is 4.98 Å². The summed E-state index contributed by atoms with van der Waals surface area (Å²) < 4.78 is 2.10. The van der Waals surface area contributed by atoms with Crippen LogP contribution < -0.4 is 5.32 Å². The van der Waals surface area contributed by atoms with Crippen LogP contribution in [0.2, 0.25) is 0 Å². The molecule has 6 heteroatoms. The lowest BCUT2D eigenvalue weighted by atomic mass is 9.97. The van der Waals surface area contributed by atoms with Gasteiger partial charge in [-0.3, -0.25) is 9.89 Å². The summed E-state index contributed by atoms with van der Waals surface area (Å²) >= 11 is 0. The Balaban J connectivity index is 1.67. The van der Waals surface area contributed by atoms with Gasteiger partial charge in [0.2, 0.25) is 5.91 Å². The maximum Gasteiger partial charge on any atom is 0.229 e. The van der Waals surface area contributed by atoms with Gasteiger partial charge in [0.15, 0.2) is 5.82 Å². The zero-order valence-electron chi connectivity index (χ0n) is 10.2. The van der Waals surface area contributed by atoms with Gasteiger partial charge >= 0.3 is 0 Å². The number of rotatable bonds is 2. The van der Waals surface area contributed by atoms with Crippen LogP contribution in [0.5, 0.6) is 0 Å². The number of imidazole rings is 1. The van der Waals surface area contributed by atoms with Crippen molar-refractivity contribution >= 4 is 11.7 Å². The van der Waals surface area contributed by atoms with Gasteiger partial charge < -0.3 is 9.88 Å². The highest BCUT2D eigenvalue weighted by molar-refractivity contribution is 5.91. The SMILES string of the molecule is Cc1cc(NC(=O)C2CCn3ccnc3C2)n[nH]1. The van der Waals surface area contributed by atoms with Crippen molar-refractivity contribution in [1.29, 1.82) is 0 Å². The summed E-state index contributed by atoms with van der Waals surface area (Å²) in [5.41, 5.74) is 0.935. The van der Waals surface area contributed by atoms with E-state index in [9.17, 15) is 4.79 Å². The van der Waals surface area contributed by atoms with Crippen molar-refractivity contribution < 1.29 is 4.79 Å². The molecule has 3 heterocycles. The Labute approximate surface area is 104 Å². The van der Waals surface area contributed by atoms with Crippen LogP contribution in [0.4, 0.5) is 5.82 Å². The molecule has 2 N–H and O–H groups in total. The number of hydrogen-bond donors (Lipinski definition) is 2. The van der Waals surface area contributed by atoms with Crippen molar-refractivity contribution in [3.8, 4) is 0 Å². The molecule has 1 aliphatic heterocycles. The Morgan fingerprint density at radius 1 is 1.61 bits per heavy atom. The second kappa shape index (κ2) is 4.29. The molecular weight excluding hydrogens is 230 g/mol. The third-order valence-electron chi connectivity index (χ3n) is 3.28. The topological polar surface area (TPSA) is 75.6 Å². The van der Waals surface area contributed by atoms with Gasteiger partial charge in [0, 0.05) is 43.0 Å². The molecule has 0 bridgehead atoms. The van der Waals surface area contributed by atoms with E-state index in [1.54, 1.807) is 6.20 Å². The van der Waals surface area contributed by atoms with Crippen molar-refractivity contribution in [3.05, 3.63) is 30.0 Å².